The molecule has 31 heavy (non-hydrogen) atoms. The van der Waals surface area contributed by atoms with Crippen LogP contribution >= 0.6 is 11.6 Å². The average molecular weight is 436 g/mol. The van der Waals surface area contributed by atoms with Gasteiger partial charge in [0, 0.05) is 11.6 Å². The van der Waals surface area contributed by atoms with Gasteiger partial charge in [-0.25, -0.2) is 0 Å². The van der Waals surface area contributed by atoms with Crippen molar-refractivity contribution in [3.8, 4) is 5.75 Å². The Kier molecular flexibility index (Phi) is 6.90. The highest BCUT2D eigenvalue weighted by Crippen LogP contribution is 2.34. The molecule has 3 aromatic carbocycles. The molecule has 1 aliphatic heterocycles. The van der Waals surface area contributed by atoms with Crippen LogP contribution in [0.2, 0.25) is 5.02 Å². The van der Waals surface area contributed by atoms with Gasteiger partial charge in [-0.15, -0.1) is 0 Å². The fraction of sp³-hybridized carbons (Fsp3) is 0.269. The van der Waals surface area contributed by atoms with Crippen molar-refractivity contribution in [3.05, 3.63) is 101 Å². The zero-order valence-corrected chi connectivity index (χ0v) is 18.0. The van der Waals surface area contributed by atoms with E-state index in [0.29, 0.717) is 18.2 Å². The normalized spacial score (nSPS) is 17.8. The Balaban J connectivity index is 1.57. The maximum atomic E-state index is 11.6. The third-order valence-corrected chi connectivity index (χ3v) is 6.01. The lowest BCUT2D eigenvalue weighted by Gasteiger charge is -2.37. The van der Waals surface area contributed by atoms with Crippen LogP contribution in [0.15, 0.2) is 78.9 Å². The van der Waals surface area contributed by atoms with E-state index in [-0.39, 0.29) is 12.0 Å². The van der Waals surface area contributed by atoms with E-state index in [4.69, 9.17) is 16.3 Å². The predicted octanol–water partition coefficient (Wildman–Crippen LogP) is 5.81. The second kappa shape index (κ2) is 9.99. The molecule has 2 atom stereocenters. The molecule has 160 valence electrons. The van der Waals surface area contributed by atoms with Crippen molar-refractivity contribution in [2.45, 2.75) is 25.5 Å². The summed E-state index contributed by atoms with van der Waals surface area (Å²) < 4.78 is 5.93. The summed E-state index contributed by atoms with van der Waals surface area (Å²) >= 11 is 6.29. The molecule has 1 fully saturated rings. The zero-order valence-electron chi connectivity index (χ0n) is 17.3. The van der Waals surface area contributed by atoms with E-state index in [9.17, 15) is 9.90 Å². The minimum absolute atomic E-state index is 0.0518. The first kappa shape index (κ1) is 21.4. The highest BCUT2D eigenvalue weighted by atomic mass is 35.5. The molecular formula is C26H26ClNO3. The number of ether oxygens (including phenoxy) is 1. The van der Waals surface area contributed by atoms with Crippen LogP contribution in [0.4, 0.5) is 0 Å². The van der Waals surface area contributed by atoms with Gasteiger partial charge in [-0.05, 0) is 60.3 Å². The Labute approximate surface area is 188 Å². The molecule has 0 radical (unpaired) electrons. The number of rotatable bonds is 7. The number of hydrogen-bond donors (Lipinski definition) is 1. The van der Waals surface area contributed by atoms with Crippen molar-refractivity contribution < 1.29 is 14.6 Å². The molecule has 0 saturated carbocycles. The Morgan fingerprint density at radius 3 is 2.52 bits per heavy atom. The topological polar surface area (TPSA) is 49.8 Å². The van der Waals surface area contributed by atoms with E-state index in [1.807, 2.05) is 60.7 Å². The summed E-state index contributed by atoms with van der Waals surface area (Å²) in [6, 6.07) is 25.9. The molecule has 0 aromatic heterocycles. The summed E-state index contributed by atoms with van der Waals surface area (Å²) in [6.07, 6.45) is 1.59. The SMILES string of the molecule is O=C(O)C1CCCN(C(c2ccc(OCc3ccccc3)cc2)c2cccc(Cl)c2)C1. The fourth-order valence-corrected chi connectivity index (χ4v) is 4.42. The Hall–Kier alpha value is -2.82. The van der Waals surface area contributed by atoms with Crippen molar-refractivity contribution in [1.82, 2.24) is 4.90 Å². The Morgan fingerprint density at radius 1 is 1.03 bits per heavy atom. The standard InChI is InChI=1S/C26H26ClNO3/c27-23-10-4-8-21(16-23)25(28-15-5-9-22(17-28)26(29)30)20-11-13-24(14-12-20)31-18-19-6-2-1-3-7-19/h1-4,6-8,10-14,16,22,25H,5,9,15,17-18H2,(H,29,30). The highest BCUT2D eigenvalue weighted by Gasteiger charge is 2.31. The van der Waals surface area contributed by atoms with E-state index in [0.717, 1.165) is 41.8 Å². The molecule has 0 bridgehead atoms. The molecule has 4 nitrogen and oxygen atoms in total. The quantitative estimate of drug-likeness (QED) is 0.509. The smallest absolute Gasteiger partial charge is 0.307 e. The molecular weight excluding hydrogens is 410 g/mol. The maximum Gasteiger partial charge on any atom is 0.307 e. The van der Waals surface area contributed by atoms with Crippen LogP contribution in [0.5, 0.6) is 5.75 Å². The summed E-state index contributed by atoms with van der Waals surface area (Å²) in [4.78, 5) is 13.9. The van der Waals surface area contributed by atoms with Crippen LogP contribution in [-0.4, -0.2) is 29.1 Å². The molecule has 4 rings (SSSR count). The van der Waals surface area contributed by atoms with Gasteiger partial charge in [-0.1, -0.05) is 66.2 Å². The minimum Gasteiger partial charge on any atom is -0.489 e. The molecule has 2 unspecified atom stereocenters. The molecule has 1 aliphatic rings. The first-order valence-corrected chi connectivity index (χ1v) is 11.0. The maximum absolute atomic E-state index is 11.6. The molecule has 0 spiro atoms. The van der Waals surface area contributed by atoms with Crippen molar-refractivity contribution in [1.29, 1.82) is 0 Å². The second-order valence-electron chi connectivity index (χ2n) is 7.97. The molecule has 0 amide bonds. The largest absolute Gasteiger partial charge is 0.489 e. The lowest BCUT2D eigenvalue weighted by molar-refractivity contribution is -0.143. The molecule has 3 aromatic rings. The van der Waals surface area contributed by atoms with Gasteiger partial charge in [-0.2, -0.15) is 0 Å². The van der Waals surface area contributed by atoms with Crippen molar-refractivity contribution in [2.24, 2.45) is 5.92 Å². The fourth-order valence-electron chi connectivity index (χ4n) is 4.22. The summed E-state index contributed by atoms with van der Waals surface area (Å²) in [7, 11) is 0. The Bertz CT molecular complexity index is 1010. The number of carbonyl (C=O) groups is 1. The summed E-state index contributed by atoms with van der Waals surface area (Å²) in [5, 5.41) is 10.2. The molecule has 1 heterocycles. The second-order valence-corrected chi connectivity index (χ2v) is 8.41. The number of carboxylic acids is 1. The number of hydrogen-bond acceptors (Lipinski definition) is 3. The van der Waals surface area contributed by atoms with E-state index >= 15 is 0 Å². The van der Waals surface area contributed by atoms with Crippen LogP contribution in [0.3, 0.4) is 0 Å². The van der Waals surface area contributed by atoms with Crippen LogP contribution < -0.4 is 4.74 Å². The third kappa shape index (κ3) is 5.46. The summed E-state index contributed by atoms with van der Waals surface area (Å²) in [6.45, 7) is 1.90. The van der Waals surface area contributed by atoms with Gasteiger partial charge in [0.1, 0.15) is 12.4 Å². The number of aliphatic carboxylic acids is 1. The average Bonchev–Trinajstić information content (AvgIpc) is 2.80. The van der Waals surface area contributed by atoms with Gasteiger partial charge in [0.2, 0.25) is 0 Å². The van der Waals surface area contributed by atoms with Gasteiger partial charge in [0.15, 0.2) is 0 Å². The van der Waals surface area contributed by atoms with Gasteiger partial charge >= 0.3 is 5.97 Å². The lowest BCUT2D eigenvalue weighted by Crippen LogP contribution is -2.41. The van der Waals surface area contributed by atoms with E-state index < -0.39 is 5.97 Å². The first-order chi connectivity index (χ1) is 15.1. The monoisotopic (exact) mass is 435 g/mol. The highest BCUT2D eigenvalue weighted by molar-refractivity contribution is 6.30. The Morgan fingerprint density at radius 2 is 1.81 bits per heavy atom. The predicted molar refractivity (Wildman–Crippen MR) is 122 cm³/mol. The number of halogens is 1. The molecule has 5 heteroatoms. The molecule has 1 N–H and O–H groups in total. The number of nitrogens with zero attached hydrogens (tertiary/aromatic N) is 1. The number of carboxylic acid groups (broad SMARTS) is 1. The third-order valence-electron chi connectivity index (χ3n) is 5.78. The number of likely N-dealkylation sites (tertiary alicyclic amines) is 1. The van der Waals surface area contributed by atoms with Crippen LogP contribution in [0.1, 0.15) is 35.6 Å². The van der Waals surface area contributed by atoms with Crippen LogP contribution in [0, 0.1) is 5.92 Å². The van der Waals surface area contributed by atoms with E-state index in [1.165, 1.54) is 0 Å². The molecule has 1 saturated heterocycles. The minimum atomic E-state index is -0.723. The summed E-state index contributed by atoms with van der Waals surface area (Å²) in [5.41, 5.74) is 3.29. The number of piperidine rings is 1. The van der Waals surface area contributed by atoms with Gasteiger partial charge in [-0.3, -0.25) is 9.69 Å². The first-order valence-electron chi connectivity index (χ1n) is 10.6. The van der Waals surface area contributed by atoms with Crippen molar-refractivity contribution in [3.63, 3.8) is 0 Å². The van der Waals surface area contributed by atoms with Crippen molar-refractivity contribution in [2.75, 3.05) is 13.1 Å². The molecule has 0 aliphatic carbocycles. The zero-order chi connectivity index (χ0) is 21.6. The van der Waals surface area contributed by atoms with Gasteiger partial charge in [0.05, 0.1) is 12.0 Å². The van der Waals surface area contributed by atoms with Gasteiger partial charge in [0.25, 0.3) is 0 Å². The number of benzene rings is 3. The van der Waals surface area contributed by atoms with E-state index in [1.54, 1.807) is 0 Å². The van der Waals surface area contributed by atoms with Gasteiger partial charge < -0.3 is 9.84 Å². The van der Waals surface area contributed by atoms with Crippen LogP contribution in [-0.2, 0) is 11.4 Å². The van der Waals surface area contributed by atoms with Crippen LogP contribution in [0.25, 0.3) is 0 Å². The van der Waals surface area contributed by atoms with Crippen molar-refractivity contribution >= 4 is 17.6 Å². The lowest BCUT2D eigenvalue weighted by atomic mass is 9.91. The van der Waals surface area contributed by atoms with E-state index in [2.05, 4.69) is 23.1 Å². The summed E-state index contributed by atoms with van der Waals surface area (Å²) in [5.74, 6) is -0.261.